The zero-order chi connectivity index (χ0) is 21.5. The molecule has 0 radical (unpaired) electrons. The molecule has 31 heavy (non-hydrogen) atoms. The molecule has 3 heterocycles. The number of nitrogens with zero attached hydrogens (tertiary/aromatic N) is 4. The molecule has 1 aliphatic heterocycles. The Morgan fingerprint density at radius 1 is 1.23 bits per heavy atom. The van der Waals surface area contributed by atoms with E-state index in [9.17, 15) is 4.79 Å². The number of carbonyl (C=O) groups is 1. The van der Waals surface area contributed by atoms with Gasteiger partial charge in [-0.05, 0) is 37.5 Å². The summed E-state index contributed by atoms with van der Waals surface area (Å²) in [6.45, 7) is 4.58. The van der Waals surface area contributed by atoms with Crippen molar-refractivity contribution in [1.82, 2.24) is 20.0 Å². The number of aryl methyl sites for hydroxylation is 1. The number of halogens is 1. The first-order chi connectivity index (χ1) is 15.0. The highest BCUT2D eigenvalue weighted by atomic mass is 35.5. The van der Waals surface area contributed by atoms with Crippen LogP contribution in [0.15, 0.2) is 52.5 Å². The van der Waals surface area contributed by atoms with Crippen LogP contribution in [0.2, 0.25) is 5.02 Å². The lowest BCUT2D eigenvalue weighted by molar-refractivity contribution is 0.0374. The fourth-order valence-corrected chi connectivity index (χ4v) is 4.70. The molecule has 2 aromatic heterocycles. The smallest absolute Gasteiger partial charge is 0.274 e. The van der Waals surface area contributed by atoms with Crippen molar-refractivity contribution in [3.05, 3.63) is 75.7 Å². The van der Waals surface area contributed by atoms with Crippen LogP contribution in [0.4, 0.5) is 0 Å². The van der Waals surface area contributed by atoms with Gasteiger partial charge >= 0.3 is 0 Å². The van der Waals surface area contributed by atoms with Crippen LogP contribution < -0.4 is 0 Å². The SMILES string of the molecule is Cc1cccc(-c2scnc2C(=O)N2CC[C@H]2c2nc(-c3cccc(Cl)c3C)no2)c1. The minimum atomic E-state index is -0.250. The number of benzene rings is 2. The van der Waals surface area contributed by atoms with Crippen molar-refractivity contribution in [3.8, 4) is 21.8 Å². The van der Waals surface area contributed by atoms with Gasteiger partial charge in [0.1, 0.15) is 11.7 Å². The van der Waals surface area contributed by atoms with Gasteiger partial charge in [-0.15, -0.1) is 11.3 Å². The number of hydrogen-bond acceptors (Lipinski definition) is 6. The van der Waals surface area contributed by atoms with Crippen molar-refractivity contribution in [3.63, 3.8) is 0 Å². The predicted octanol–water partition coefficient (Wildman–Crippen LogP) is 5.72. The molecule has 5 rings (SSSR count). The summed E-state index contributed by atoms with van der Waals surface area (Å²) in [4.78, 5) is 24.8. The standard InChI is InChI=1S/C23H19ClN4O2S/c1-13-5-3-6-15(11-13)20-19(25-12-31-20)23(29)28-10-9-18(28)22-26-21(27-30-22)16-7-4-8-17(24)14(16)2/h3-8,11-12,18H,9-10H2,1-2H3/t18-/m0/s1. The molecule has 1 amide bonds. The fraction of sp³-hybridized carbons (Fsp3) is 0.217. The summed E-state index contributed by atoms with van der Waals surface area (Å²) in [5, 5.41) is 4.78. The number of thiazole rings is 1. The number of aromatic nitrogens is 3. The molecule has 0 bridgehead atoms. The zero-order valence-electron chi connectivity index (χ0n) is 17.0. The van der Waals surface area contributed by atoms with E-state index in [-0.39, 0.29) is 11.9 Å². The first kappa shape index (κ1) is 19.9. The summed E-state index contributed by atoms with van der Waals surface area (Å²) in [5.74, 6) is 0.789. The Morgan fingerprint density at radius 3 is 2.84 bits per heavy atom. The maximum Gasteiger partial charge on any atom is 0.274 e. The van der Waals surface area contributed by atoms with Gasteiger partial charge in [-0.25, -0.2) is 4.98 Å². The first-order valence-electron chi connectivity index (χ1n) is 9.93. The van der Waals surface area contributed by atoms with E-state index in [1.165, 1.54) is 11.3 Å². The van der Waals surface area contributed by atoms with E-state index in [4.69, 9.17) is 16.1 Å². The minimum Gasteiger partial charge on any atom is -0.337 e. The summed E-state index contributed by atoms with van der Waals surface area (Å²) in [5.41, 5.74) is 6.03. The third kappa shape index (κ3) is 3.54. The first-order valence-corrected chi connectivity index (χ1v) is 11.2. The van der Waals surface area contributed by atoms with Gasteiger partial charge in [0, 0.05) is 17.1 Å². The number of rotatable bonds is 4. The van der Waals surface area contributed by atoms with Gasteiger partial charge in [-0.2, -0.15) is 4.98 Å². The second-order valence-electron chi connectivity index (χ2n) is 7.57. The van der Waals surface area contributed by atoms with Crippen molar-refractivity contribution >= 4 is 28.8 Å². The van der Waals surface area contributed by atoms with Gasteiger partial charge < -0.3 is 9.42 Å². The van der Waals surface area contributed by atoms with Crippen LogP contribution in [-0.4, -0.2) is 32.5 Å². The average Bonchev–Trinajstić information content (AvgIpc) is 3.39. The van der Waals surface area contributed by atoms with Crippen molar-refractivity contribution in [2.75, 3.05) is 6.54 Å². The van der Waals surface area contributed by atoms with Crippen LogP contribution in [-0.2, 0) is 0 Å². The lowest BCUT2D eigenvalue weighted by atomic mass is 10.0. The van der Waals surface area contributed by atoms with E-state index >= 15 is 0 Å². The van der Waals surface area contributed by atoms with Gasteiger partial charge in [0.15, 0.2) is 0 Å². The molecule has 2 aromatic carbocycles. The predicted molar refractivity (Wildman–Crippen MR) is 120 cm³/mol. The maximum absolute atomic E-state index is 13.3. The Kier molecular flexibility index (Phi) is 5.08. The molecule has 0 spiro atoms. The number of amides is 1. The fourth-order valence-electron chi connectivity index (χ4n) is 3.74. The van der Waals surface area contributed by atoms with Crippen molar-refractivity contribution in [2.45, 2.75) is 26.3 Å². The Morgan fingerprint density at radius 2 is 2.06 bits per heavy atom. The summed E-state index contributed by atoms with van der Waals surface area (Å²) < 4.78 is 5.53. The van der Waals surface area contributed by atoms with Gasteiger partial charge in [0.25, 0.3) is 5.91 Å². The molecule has 1 fully saturated rings. The minimum absolute atomic E-state index is 0.118. The topological polar surface area (TPSA) is 72.1 Å². The van der Waals surface area contributed by atoms with E-state index in [1.807, 2.05) is 50.2 Å². The second kappa shape index (κ2) is 7.90. The molecule has 1 aliphatic rings. The van der Waals surface area contributed by atoms with Crippen LogP contribution in [0.1, 0.15) is 40.0 Å². The lowest BCUT2D eigenvalue weighted by Crippen LogP contribution is -2.45. The average molecular weight is 451 g/mol. The number of hydrogen-bond donors (Lipinski definition) is 0. The molecule has 1 saturated heterocycles. The maximum atomic E-state index is 13.3. The number of likely N-dealkylation sites (tertiary alicyclic amines) is 1. The van der Waals surface area contributed by atoms with Gasteiger partial charge in [0.2, 0.25) is 11.7 Å². The van der Waals surface area contributed by atoms with Crippen molar-refractivity contribution in [1.29, 1.82) is 0 Å². The largest absolute Gasteiger partial charge is 0.337 e. The second-order valence-corrected chi connectivity index (χ2v) is 8.83. The third-order valence-corrected chi connectivity index (χ3v) is 6.85. The van der Waals surface area contributed by atoms with E-state index in [1.54, 1.807) is 10.4 Å². The summed E-state index contributed by atoms with van der Waals surface area (Å²) >= 11 is 7.69. The molecular formula is C23H19ClN4O2S. The quantitative estimate of drug-likeness (QED) is 0.397. The molecule has 0 aliphatic carbocycles. The molecule has 4 aromatic rings. The molecule has 156 valence electrons. The van der Waals surface area contributed by atoms with E-state index < -0.39 is 0 Å². The molecular weight excluding hydrogens is 432 g/mol. The molecule has 0 unspecified atom stereocenters. The van der Waals surface area contributed by atoms with Crippen LogP contribution in [0.5, 0.6) is 0 Å². The lowest BCUT2D eigenvalue weighted by Gasteiger charge is -2.38. The molecule has 1 atom stereocenters. The third-order valence-electron chi connectivity index (χ3n) is 5.57. The van der Waals surface area contributed by atoms with E-state index in [2.05, 4.69) is 21.2 Å². The summed E-state index contributed by atoms with van der Waals surface area (Å²) in [6, 6.07) is 13.4. The highest BCUT2D eigenvalue weighted by Gasteiger charge is 2.39. The molecule has 0 N–H and O–H groups in total. The van der Waals surface area contributed by atoms with Crippen LogP contribution in [0, 0.1) is 13.8 Å². The molecule has 8 heteroatoms. The highest BCUT2D eigenvalue weighted by Crippen LogP contribution is 2.37. The van der Waals surface area contributed by atoms with Crippen LogP contribution in [0.25, 0.3) is 21.8 Å². The Bertz CT molecular complexity index is 1280. The highest BCUT2D eigenvalue weighted by molar-refractivity contribution is 7.13. The monoisotopic (exact) mass is 450 g/mol. The summed E-state index contributed by atoms with van der Waals surface area (Å²) in [7, 11) is 0. The normalized spacial score (nSPS) is 15.7. The van der Waals surface area contributed by atoms with Crippen LogP contribution in [0.3, 0.4) is 0 Å². The van der Waals surface area contributed by atoms with Crippen molar-refractivity contribution in [2.24, 2.45) is 0 Å². The zero-order valence-corrected chi connectivity index (χ0v) is 18.6. The van der Waals surface area contributed by atoms with Gasteiger partial charge in [-0.3, -0.25) is 4.79 Å². The van der Waals surface area contributed by atoms with E-state index in [0.717, 1.165) is 33.6 Å². The van der Waals surface area contributed by atoms with Crippen LogP contribution >= 0.6 is 22.9 Å². The molecule has 0 saturated carbocycles. The van der Waals surface area contributed by atoms with Gasteiger partial charge in [-0.1, -0.05) is 58.7 Å². The molecule has 6 nitrogen and oxygen atoms in total. The Hall–Kier alpha value is -3.03. The van der Waals surface area contributed by atoms with Crippen molar-refractivity contribution < 1.29 is 9.32 Å². The van der Waals surface area contributed by atoms with Gasteiger partial charge in [0.05, 0.1) is 10.4 Å². The summed E-state index contributed by atoms with van der Waals surface area (Å²) in [6.07, 6.45) is 0.770. The number of carbonyl (C=O) groups excluding carboxylic acids is 1. The van der Waals surface area contributed by atoms with E-state index in [0.29, 0.717) is 29.0 Å². The Labute approximate surface area is 188 Å². The Balaban J connectivity index is 1.41.